The zero-order chi connectivity index (χ0) is 19.7. The first-order chi connectivity index (χ1) is 13.5. The molecule has 0 spiro atoms. The van der Waals surface area contributed by atoms with Gasteiger partial charge in [-0.25, -0.2) is 4.98 Å². The van der Waals surface area contributed by atoms with Gasteiger partial charge in [-0.2, -0.15) is 0 Å². The molecule has 0 unspecified atom stereocenters. The monoisotopic (exact) mass is 376 g/mol. The molecule has 0 aliphatic carbocycles. The van der Waals surface area contributed by atoms with Crippen molar-refractivity contribution in [1.82, 2.24) is 15.3 Å². The molecule has 0 fully saturated rings. The van der Waals surface area contributed by atoms with Crippen molar-refractivity contribution in [2.75, 3.05) is 5.32 Å². The molecule has 2 aromatic heterocycles. The molecular formula is C21H20N4O3. The van der Waals surface area contributed by atoms with E-state index >= 15 is 0 Å². The molecule has 0 bridgehead atoms. The number of anilines is 1. The largest absolute Gasteiger partial charge is 0.451 e. The summed E-state index contributed by atoms with van der Waals surface area (Å²) in [6.45, 7) is 3.73. The molecule has 4 aromatic rings. The van der Waals surface area contributed by atoms with Gasteiger partial charge in [-0.05, 0) is 30.2 Å². The van der Waals surface area contributed by atoms with Crippen LogP contribution in [0.15, 0.2) is 59.0 Å². The van der Waals surface area contributed by atoms with Crippen LogP contribution in [0.1, 0.15) is 24.4 Å². The molecule has 2 aromatic carbocycles. The summed E-state index contributed by atoms with van der Waals surface area (Å²) in [5.74, 6) is -0.399. The second-order valence-electron chi connectivity index (χ2n) is 6.94. The Kier molecular flexibility index (Phi) is 4.57. The fourth-order valence-electron chi connectivity index (χ4n) is 3.05. The molecule has 4 rings (SSSR count). The van der Waals surface area contributed by atoms with Crippen molar-refractivity contribution in [2.24, 2.45) is 5.92 Å². The Morgan fingerprint density at radius 2 is 1.82 bits per heavy atom. The molecule has 142 valence electrons. The van der Waals surface area contributed by atoms with E-state index in [0.29, 0.717) is 11.5 Å². The van der Waals surface area contributed by atoms with E-state index in [4.69, 9.17) is 4.42 Å². The molecule has 0 aliphatic heterocycles. The summed E-state index contributed by atoms with van der Waals surface area (Å²) in [6.07, 6.45) is 0. The number of furan rings is 1. The number of carbonyl (C=O) groups is 2. The Bertz CT molecular complexity index is 1090. The van der Waals surface area contributed by atoms with Gasteiger partial charge in [0.1, 0.15) is 11.6 Å². The zero-order valence-electron chi connectivity index (χ0n) is 15.5. The van der Waals surface area contributed by atoms with Crippen LogP contribution in [-0.4, -0.2) is 27.8 Å². The van der Waals surface area contributed by atoms with Crippen LogP contribution < -0.4 is 10.6 Å². The molecule has 7 heteroatoms. The lowest BCUT2D eigenvalue weighted by Crippen LogP contribution is -2.47. The number of benzene rings is 2. The Balaban J connectivity index is 1.51. The molecule has 0 saturated heterocycles. The number of hydrogen-bond donors (Lipinski definition) is 3. The maximum atomic E-state index is 12.8. The van der Waals surface area contributed by atoms with Crippen LogP contribution in [0.2, 0.25) is 0 Å². The fourth-order valence-corrected chi connectivity index (χ4v) is 3.05. The average Bonchev–Trinajstić information content (AvgIpc) is 3.28. The van der Waals surface area contributed by atoms with Crippen molar-refractivity contribution >= 4 is 39.8 Å². The highest BCUT2D eigenvalue weighted by atomic mass is 16.3. The third-order valence-corrected chi connectivity index (χ3v) is 4.52. The number of rotatable bonds is 5. The highest BCUT2D eigenvalue weighted by Gasteiger charge is 2.26. The second kappa shape index (κ2) is 7.19. The van der Waals surface area contributed by atoms with Gasteiger partial charge in [0.25, 0.3) is 5.91 Å². The lowest BCUT2D eigenvalue weighted by Gasteiger charge is -2.20. The molecule has 0 radical (unpaired) electrons. The minimum atomic E-state index is -0.742. The van der Waals surface area contributed by atoms with Crippen LogP contribution in [-0.2, 0) is 4.79 Å². The summed E-state index contributed by atoms with van der Waals surface area (Å²) in [5, 5.41) is 6.34. The Labute approximate surface area is 161 Å². The quantitative estimate of drug-likeness (QED) is 0.494. The van der Waals surface area contributed by atoms with E-state index in [1.54, 1.807) is 12.1 Å². The lowest BCUT2D eigenvalue weighted by molar-refractivity contribution is -0.118. The van der Waals surface area contributed by atoms with Crippen molar-refractivity contribution in [2.45, 2.75) is 19.9 Å². The number of hydrogen-bond acceptors (Lipinski definition) is 4. The smallest absolute Gasteiger partial charge is 0.287 e. The van der Waals surface area contributed by atoms with Crippen LogP contribution in [0.5, 0.6) is 0 Å². The van der Waals surface area contributed by atoms with Crippen molar-refractivity contribution in [1.29, 1.82) is 0 Å². The van der Waals surface area contributed by atoms with E-state index in [1.807, 2.05) is 56.3 Å². The first-order valence-corrected chi connectivity index (χ1v) is 9.06. The highest BCUT2D eigenvalue weighted by Crippen LogP contribution is 2.19. The molecule has 28 heavy (non-hydrogen) atoms. The van der Waals surface area contributed by atoms with Gasteiger partial charge in [-0.1, -0.05) is 44.2 Å². The number of para-hydroxylation sites is 3. The third kappa shape index (κ3) is 3.46. The lowest BCUT2D eigenvalue weighted by atomic mass is 10.0. The Hall–Kier alpha value is -3.61. The predicted octanol–water partition coefficient (Wildman–Crippen LogP) is 3.70. The van der Waals surface area contributed by atoms with Crippen LogP contribution in [0.3, 0.4) is 0 Å². The number of fused-ring (bicyclic) bond motifs is 2. The van der Waals surface area contributed by atoms with Gasteiger partial charge in [0.15, 0.2) is 5.76 Å². The average molecular weight is 376 g/mol. The van der Waals surface area contributed by atoms with Crippen LogP contribution >= 0.6 is 0 Å². The highest BCUT2D eigenvalue weighted by molar-refractivity contribution is 6.01. The standard InChI is InChI=1S/C21H20N4O3/c1-12(2)18(20(27)25-21-22-14-8-4-5-9-15(14)23-21)24-19(26)17-11-13-7-3-6-10-16(13)28-17/h3-12,18H,1-2H3,(H,24,26)(H2,22,23,25,27)/t18-/m0/s1. The van der Waals surface area contributed by atoms with Gasteiger partial charge >= 0.3 is 0 Å². The normalized spacial score (nSPS) is 12.4. The van der Waals surface area contributed by atoms with E-state index in [2.05, 4.69) is 20.6 Å². The van der Waals surface area contributed by atoms with Crippen molar-refractivity contribution < 1.29 is 14.0 Å². The SMILES string of the molecule is CC(C)[C@H](NC(=O)c1cc2ccccc2o1)C(=O)Nc1nc2ccccc2[nH]1. The number of aromatic amines is 1. The molecular weight excluding hydrogens is 356 g/mol. The summed E-state index contributed by atoms with van der Waals surface area (Å²) in [4.78, 5) is 32.8. The summed E-state index contributed by atoms with van der Waals surface area (Å²) in [6, 6.07) is 15.8. The second-order valence-corrected chi connectivity index (χ2v) is 6.94. The first kappa shape index (κ1) is 17.8. The van der Waals surface area contributed by atoms with E-state index in [1.165, 1.54) is 0 Å². The van der Waals surface area contributed by atoms with Crippen molar-refractivity contribution in [3.8, 4) is 0 Å². The van der Waals surface area contributed by atoms with Crippen LogP contribution in [0, 0.1) is 5.92 Å². The van der Waals surface area contributed by atoms with Gasteiger partial charge in [0, 0.05) is 5.39 Å². The minimum Gasteiger partial charge on any atom is -0.451 e. The van der Waals surface area contributed by atoms with Crippen LogP contribution in [0.4, 0.5) is 5.95 Å². The van der Waals surface area contributed by atoms with Gasteiger partial charge in [0.2, 0.25) is 11.9 Å². The maximum absolute atomic E-state index is 12.8. The molecule has 7 nitrogen and oxygen atoms in total. The number of carbonyl (C=O) groups excluding carboxylic acids is 2. The number of H-pyrrole nitrogens is 1. The zero-order valence-corrected chi connectivity index (χ0v) is 15.5. The molecule has 0 aliphatic rings. The summed E-state index contributed by atoms with van der Waals surface area (Å²) < 4.78 is 5.59. The van der Waals surface area contributed by atoms with Gasteiger partial charge in [-0.15, -0.1) is 0 Å². The summed E-state index contributed by atoms with van der Waals surface area (Å²) in [7, 11) is 0. The van der Waals surface area contributed by atoms with E-state index < -0.39 is 11.9 Å². The fraction of sp³-hybridized carbons (Fsp3) is 0.190. The molecule has 0 saturated carbocycles. The van der Waals surface area contributed by atoms with E-state index in [-0.39, 0.29) is 17.6 Å². The molecule has 2 heterocycles. The Morgan fingerprint density at radius 3 is 2.57 bits per heavy atom. The van der Waals surface area contributed by atoms with Crippen LogP contribution in [0.25, 0.3) is 22.0 Å². The summed E-state index contributed by atoms with van der Waals surface area (Å²) >= 11 is 0. The minimum absolute atomic E-state index is 0.127. The van der Waals surface area contributed by atoms with Gasteiger partial charge < -0.3 is 14.7 Å². The number of nitrogens with zero attached hydrogens (tertiary/aromatic N) is 1. The molecule has 2 amide bonds. The van der Waals surface area contributed by atoms with Crippen molar-refractivity contribution in [3.63, 3.8) is 0 Å². The molecule has 3 N–H and O–H groups in total. The number of nitrogens with one attached hydrogen (secondary N) is 3. The Morgan fingerprint density at radius 1 is 1.07 bits per heavy atom. The number of imidazole rings is 1. The van der Waals surface area contributed by atoms with E-state index in [0.717, 1.165) is 16.4 Å². The first-order valence-electron chi connectivity index (χ1n) is 9.06. The predicted molar refractivity (Wildman–Crippen MR) is 107 cm³/mol. The number of aromatic nitrogens is 2. The summed E-state index contributed by atoms with van der Waals surface area (Å²) in [5.41, 5.74) is 2.20. The van der Waals surface area contributed by atoms with Crippen molar-refractivity contribution in [3.05, 3.63) is 60.4 Å². The van der Waals surface area contributed by atoms with E-state index in [9.17, 15) is 9.59 Å². The number of amides is 2. The van der Waals surface area contributed by atoms with Gasteiger partial charge in [-0.3, -0.25) is 14.9 Å². The maximum Gasteiger partial charge on any atom is 0.287 e. The topological polar surface area (TPSA) is 100 Å². The van der Waals surface area contributed by atoms with Gasteiger partial charge in [0.05, 0.1) is 11.0 Å². The third-order valence-electron chi connectivity index (χ3n) is 4.52. The molecule has 1 atom stereocenters.